The summed E-state index contributed by atoms with van der Waals surface area (Å²) in [7, 11) is 0. The molecule has 21 heavy (non-hydrogen) atoms. The van der Waals surface area contributed by atoms with E-state index >= 15 is 0 Å². The van der Waals surface area contributed by atoms with Gasteiger partial charge in [0.15, 0.2) is 0 Å². The molecule has 2 heterocycles. The Morgan fingerprint density at radius 1 is 1.29 bits per heavy atom. The van der Waals surface area contributed by atoms with E-state index in [1.54, 1.807) is 18.2 Å². The fourth-order valence-corrected chi connectivity index (χ4v) is 2.58. The number of carbonyl (C=O) groups excluding carboxylic acids is 2. The number of rotatable bonds is 2. The quantitative estimate of drug-likeness (QED) is 0.814. The lowest BCUT2D eigenvalue weighted by Crippen LogP contribution is -2.39. The molecule has 1 aromatic heterocycles. The van der Waals surface area contributed by atoms with Crippen molar-refractivity contribution in [3.05, 3.63) is 41.6 Å². The minimum absolute atomic E-state index is 0.176. The van der Waals surface area contributed by atoms with Gasteiger partial charge in [-0.15, -0.1) is 0 Å². The van der Waals surface area contributed by atoms with Crippen molar-refractivity contribution in [3.63, 3.8) is 0 Å². The van der Waals surface area contributed by atoms with Crippen molar-refractivity contribution in [1.29, 1.82) is 0 Å². The maximum atomic E-state index is 11.9. The number of carboxylic acids is 1. The van der Waals surface area contributed by atoms with Crippen molar-refractivity contribution >= 4 is 28.7 Å². The molecule has 0 radical (unpaired) electrons. The lowest BCUT2D eigenvalue weighted by molar-refractivity contribution is -0.134. The van der Waals surface area contributed by atoms with E-state index in [9.17, 15) is 14.4 Å². The molecule has 1 atom stereocenters. The molecule has 0 spiro atoms. The monoisotopic (exact) mass is 284 g/mol. The second-order valence-corrected chi connectivity index (χ2v) is 4.94. The first-order valence-corrected chi connectivity index (χ1v) is 6.52. The minimum Gasteiger partial charge on any atom is -0.478 e. The second kappa shape index (κ2) is 4.97. The highest BCUT2D eigenvalue weighted by Gasteiger charge is 2.28. The van der Waals surface area contributed by atoms with Gasteiger partial charge in [-0.25, -0.2) is 4.79 Å². The molecule has 0 bridgehead atoms. The highest BCUT2D eigenvalue weighted by atomic mass is 16.4. The Bertz CT molecular complexity index is 769. The van der Waals surface area contributed by atoms with Crippen molar-refractivity contribution in [2.45, 2.75) is 18.8 Å². The Hall–Kier alpha value is -2.76. The van der Waals surface area contributed by atoms with Gasteiger partial charge in [0.1, 0.15) is 0 Å². The predicted octanol–water partition coefficient (Wildman–Crippen LogP) is 1.45. The molecular weight excluding hydrogens is 272 g/mol. The SMILES string of the molecule is O=C1CCC(c2ccc3c(C(=O)O)ccnc3c2)C(=O)N1. The van der Waals surface area contributed by atoms with Gasteiger partial charge in [0.05, 0.1) is 17.0 Å². The van der Waals surface area contributed by atoms with Crippen LogP contribution in [-0.4, -0.2) is 27.9 Å². The van der Waals surface area contributed by atoms with Gasteiger partial charge in [-0.1, -0.05) is 12.1 Å². The van der Waals surface area contributed by atoms with Crippen molar-refractivity contribution in [3.8, 4) is 0 Å². The zero-order valence-corrected chi connectivity index (χ0v) is 11.0. The Labute approximate surface area is 119 Å². The van der Waals surface area contributed by atoms with Gasteiger partial charge in [0.25, 0.3) is 0 Å². The molecule has 0 saturated carbocycles. The van der Waals surface area contributed by atoms with Gasteiger partial charge in [-0.05, 0) is 24.1 Å². The number of fused-ring (bicyclic) bond motifs is 1. The average molecular weight is 284 g/mol. The summed E-state index contributed by atoms with van der Waals surface area (Å²) in [5.41, 5.74) is 1.44. The van der Waals surface area contributed by atoms with Crippen LogP contribution in [0.25, 0.3) is 10.9 Å². The number of hydrogen-bond acceptors (Lipinski definition) is 4. The number of nitrogens with one attached hydrogen (secondary N) is 1. The van der Waals surface area contributed by atoms with Crippen LogP contribution >= 0.6 is 0 Å². The summed E-state index contributed by atoms with van der Waals surface area (Å²) >= 11 is 0. The summed E-state index contributed by atoms with van der Waals surface area (Å²) in [6.07, 6.45) is 2.19. The highest BCUT2D eigenvalue weighted by Crippen LogP contribution is 2.28. The standard InChI is InChI=1S/C15H12N2O4/c18-13-4-3-9(14(19)17-13)8-1-2-10-11(15(20)21)5-6-16-12(10)7-8/h1-2,5-7,9H,3-4H2,(H,20,21)(H,17,18,19). The fraction of sp³-hybridized carbons (Fsp3) is 0.200. The largest absolute Gasteiger partial charge is 0.478 e. The number of aromatic nitrogens is 1. The number of pyridine rings is 1. The molecule has 106 valence electrons. The van der Waals surface area contributed by atoms with Gasteiger partial charge in [-0.3, -0.25) is 19.9 Å². The van der Waals surface area contributed by atoms with Crippen molar-refractivity contribution in [2.75, 3.05) is 0 Å². The summed E-state index contributed by atoms with van der Waals surface area (Å²) in [6, 6.07) is 6.53. The Morgan fingerprint density at radius 3 is 2.81 bits per heavy atom. The molecule has 1 aliphatic heterocycles. The van der Waals surface area contributed by atoms with Gasteiger partial charge in [0.2, 0.25) is 11.8 Å². The topological polar surface area (TPSA) is 96.4 Å². The lowest BCUT2D eigenvalue weighted by Gasteiger charge is -2.21. The van der Waals surface area contributed by atoms with Crippen LogP contribution in [0, 0.1) is 0 Å². The third kappa shape index (κ3) is 2.35. The number of carboxylic acid groups (broad SMARTS) is 1. The van der Waals surface area contributed by atoms with Crippen LogP contribution in [0.2, 0.25) is 0 Å². The summed E-state index contributed by atoms with van der Waals surface area (Å²) < 4.78 is 0. The lowest BCUT2D eigenvalue weighted by atomic mass is 9.89. The summed E-state index contributed by atoms with van der Waals surface area (Å²) in [6.45, 7) is 0. The molecule has 1 aliphatic rings. The molecule has 2 N–H and O–H groups in total. The van der Waals surface area contributed by atoms with E-state index in [0.29, 0.717) is 23.7 Å². The van der Waals surface area contributed by atoms with Crippen LogP contribution in [0.15, 0.2) is 30.5 Å². The predicted molar refractivity (Wildman–Crippen MR) is 73.8 cm³/mol. The van der Waals surface area contributed by atoms with Gasteiger partial charge >= 0.3 is 5.97 Å². The van der Waals surface area contributed by atoms with E-state index in [2.05, 4.69) is 10.3 Å². The number of nitrogens with zero attached hydrogens (tertiary/aromatic N) is 1. The smallest absolute Gasteiger partial charge is 0.336 e. The zero-order chi connectivity index (χ0) is 15.0. The molecule has 2 aromatic rings. The maximum Gasteiger partial charge on any atom is 0.336 e. The molecule has 0 aliphatic carbocycles. The third-order valence-corrected chi connectivity index (χ3v) is 3.64. The Balaban J connectivity index is 2.04. The van der Waals surface area contributed by atoms with Crippen LogP contribution < -0.4 is 5.32 Å². The first kappa shape index (κ1) is 13.2. The van der Waals surface area contributed by atoms with Crippen LogP contribution in [-0.2, 0) is 9.59 Å². The van der Waals surface area contributed by atoms with E-state index in [-0.39, 0.29) is 17.4 Å². The molecule has 3 rings (SSSR count). The fourth-order valence-electron chi connectivity index (χ4n) is 2.58. The molecule has 1 saturated heterocycles. The van der Waals surface area contributed by atoms with Gasteiger partial charge in [0, 0.05) is 18.0 Å². The molecule has 6 nitrogen and oxygen atoms in total. The van der Waals surface area contributed by atoms with E-state index in [1.165, 1.54) is 12.3 Å². The van der Waals surface area contributed by atoms with Crippen LogP contribution in [0.3, 0.4) is 0 Å². The van der Waals surface area contributed by atoms with Crippen molar-refractivity contribution < 1.29 is 19.5 Å². The first-order valence-electron chi connectivity index (χ1n) is 6.52. The third-order valence-electron chi connectivity index (χ3n) is 3.64. The number of benzene rings is 1. The maximum absolute atomic E-state index is 11.9. The molecule has 2 amide bonds. The van der Waals surface area contributed by atoms with Crippen molar-refractivity contribution in [1.82, 2.24) is 10.3 Å². The summed E-state index contributed by atoms with van der Waals surface area (Å²) in [5.74, 6) is -2.00. The molecule has 1 aromatic carbocycles. The summed E-state index contributed by atoms with van der Waals surface area (Å²) in [5, 5.41) is 12.0. The molecule has 1 fully saturated rings. The van der Waals surface area contributed by atoms with Gasteiger partial charge in [-0.2, -0.15) is 0 Å². The number of imide groups is 1. The number of carbonyl (C=O) groups is 3. The molecular formula is C15H12N2O4. The average Bonchev–Trinajstić information content (AvgIpc) is 2.46. The van der Waals surface area contributed by atoms with E-state index in [4.69, 9.17) is 5.11 Å². The zero-order valence-electron chi connectivity index (χ0n) is 11.0. The Morgan fingerprint density at radius 2 is 2.10 bits per heavy atom. The van der Waals surface area contributed by atoms with E-state index < -0.39 is 11.9 Å². The number of aromatic carboxylic acids is 1. The van der Waals surface area contributed by atoms with Crippen LogP contribution in [0.4, 0.5) is 0 Å². The normalized spacial score (nSPS) is 18.6. The number of hydrogen-bond donors (Lipinski definition) is 2. The molecule has 1 unspecified atom stereocenters. The van der Waals surface area contributed by atoms with E-state index in [1.807, 2.05) is 0 Å². The highest BCUT2D eigenvalue weighted by molar-refractivity contribution is 6.04. The number of amides is 2. The number of piperidine rings is 1. The molecule has 6 heteroatoms. The first-order chi connectivity index (χ1) is 10.1. The summed E-state index contributed by atoms with van der Waals surface area (Å²) in [4.78, 5) is 38.4. The second-order valence-electron chi connectivity index (χ2n) is 4.94. The minimum atomic E-state index is -1.02. The van der Waals surface area contributed by atoms with E-state index in [0.717, 1.165) is 5.56 Å². The van der Waals surface area contributed by atoms with Crippen LogP contribution in [0.5, 0.6) is 0 Å². The Kier molecular flexibility index (Phi) is 3.13. The van der Waals surface area contributed by atoms with Crippen LogP contribution in [0.1, 0.15) is 34.7 Å². The van der Waals surface area contributed by atoms with Gasteiger partial charge < -0.3 is 5.11 Å². The van der Waals surface area contributed by atoms with Crippen molar-refractivity contribution in [2.24, 2.45) is 0 Å².